The van der Waals surface area contributed by atoms with Gasteiger partial charge < -0.3 is 10.1 Å². The SMILES string of the molecule is COc1ccc(CNC(=O)c2nn(-c3ccc(F)cc3)c3c2CCC3)cc1. The number of carbonyl (C=O) groups is 1. The first-order chi connectivity index (χ1) is 13.2. The lowest BCUT2D eigenvalue weighted by Crippen LogP contribution is -2.24. The minimum absolute atomic E-state index is 0.190. The molecule has 1 aliphatic rings. The second kappa shape index (κ2) is 7.23. The molecule has 6 heteroatoms. The normalized spacial score (nSPS) is 12.7. The van der Waals surface area contributed by atoms with Crippen LogP contribution in [0.3, 0.4) is 0 Å². The van der Waals surface area contributed by atoms with Crippen molar-refractivity contribution in [2.24, 2.45) is 0 Å². The van der Waals surface area contributed by atoms with Gasteiger partial charge in [-0.25, -0.2) is 9.07 Å². The number of amides is 1. The van der Waals surface area contributed by atoms with E-state index >= 15 is 0 Å². The van der Waals surface area contributed by atoms with E-state index in [0.717, 1.165) is 47.5 Å². The van der Waals surface area contributed by atoms with Gasteiger partial charge in [-0.1, -0.05) is 12.1 Å². The molecule has 0 fully saturated rings. The summed E-state index contributed by atoms with van der Waals surface area (Å²) in [5.74, 6) is 0.297. The van der Waals surface area contributed by atoms with Crippen LogP contribution in [-0.4, -0.2) is 22.8 Å². The van der Waals surface area contributed by atoms with E-state index in [4.69, 9.17) is 4.74 Å². The van der Waals surface area contributed by atoms with Crippen LogP contribution in [0.25, 0.3) is 5.69 Å². The highest BCUT2D eigenvalue weighted by molar-refractivity contribution is 5.94. The van der Waals surface area contributed by atoms with E-state index in [0.29, 0.717) is 12.2 Å². The minimum atomic E-state index is -0.292. The fraction of sp³-hybridized carbons (Fsp3) is 0.238. The Morgan fingerprint density at radius 1 is 1.15 bits per heavy atom. The predicted octanol–water partition coefficient (Wildman–Crippen LogP) is 3.44. The summed E-state index contributed by atoms with van der Waals surface area (Å²) in [6, 6.07) is 13.7. The molecule has 5 nitrogen and oxygen atoms in total. The van der Waals surface area contributed by atoms with Crippen LogP contribution in [0.5, 0.6) is 5.75 Å². The minimum Gasteiger partial charge on any atom is -0.497 e. The summed E-state index contributed by atoms with van der Waals surface area (Å²) in [6.07, 6.45) is 2.69. The van der Waals surface area contributed by atoms with E-state index in [1.54, 1.807) is 23.9 Å². The van der Waals surface area contributed by atoms with E-state index in [1.807, 2.05) is 24.3 Å². The maximum Gasteiger partial charge on any atom is 0.272 e. The summed E-state index contributed by atoms with van der Waals surface area (Å²) >= 11 is 0. The van der Waals surface area contributed by atoms with Crippen molar-refractivity contribution in [2.75, 3.05) is 7.11 Å². The van der Waals surface area contributed by atoms with Crippen LogP contribution in [0.2, 0.25) is 0 Å². The van der Waals surface area contributed by atoms with Gasteiger partial charge in [-0.3, -0.25) is 4.79 Å². The molecule has 0 saturated carbocycles. The van der Waals surface area contributed by atoms with E-state index in [-0.39, 0.29) is 11.7 Å². The Morgan fingerprint density at radius 3 is 2.59 bits per heavy atom. The highest BCUT2D eigenvalue weighted by Crippen LogP contribution is 2.28. The summed E-state index contributed by atoms with van der Waals surface area (Å²) in [5, 5.41) is 7.47. The molecule has 0 aliphatic heterocycles. The third kappa shape index (κ3) is 3.43. The maximum absolute atomic E-state index is 13.2. The fourth-order valence-electron chi connectivity index (χ4n) is 3.43. The molecule has 27 heavy (non-hydrogen) atoms. The largest absolute Gasteiger partial charge is 0.497 e. The fourth-order valence-corrected chi connectivity index (χ4v) is 3.43. The van der Waals surface area contributed by atoms with Gasteiger partial charge >= 0.3 is 0 Å². The average molecular weight is 365 g/mol. The second-order valence-electron chi connectivity index (χ2n) is 6.55. The van der Waals surface area contributed by atoms with Crippen molar-refractivity contribution in [3.05, 3.63) is 76.9 Å². The van der Waals surface area contributed by atoms with E-state index in [9.17, 15) is 9.18 Å². The third-order valence-electron chi connectivity index (χ3n) is 4.83. The summed E-state index contributed by atoms with van der Waals surface area (Å²) < 4.78 is 20.1. The lowest BCUT2D eigenvalue weighted by atomic mass is 10.1. The molecule has 138 valence electrons. The monoisotopic (exact) mass is 365 g/mol. The molecular weight excluding hydrogens is 345 g/mol. The highest BCUT2D eigenvalue weighted by atomic mass is 19.1. The molecule has 1 amide bonds. The van der Waals surface area contributed by atoms with Crippen molar-refractivity contribution in [1.29, 1.82) is 0 Å². The van der Waals surface area contributed by atoms with Crippen molar-refractivity contribution >= 4 is 5.91 Å². The first kappa shape index (κ1) is 17.3. The number of hydrogen-bond donors (Lipinski definition) is 1. The molecule has 2 aromatic carbocycles. The molecule has 1 aliphatic carbocycles. The number of aromatic nitrogens is 2. The number of halogens is 1. The van der Waals surface area contributed by atoms with Gasteiger partial charge in [0, 0.05) is 17.8 Å². The van der Waals surface area contributed by atoms with Gasteiger partial charge in [0.25, 0.3) is 5.91 Å². The van der Waals surface area contributed by atoms with Crippen molar-refractivity contribution < 1.29 is 13.9 Å². The Labute approximate surface area is 156 Å². The molecule has 0 unspecified atom stereocenters. The Morgan fingerprint density at radius 2 is 1.89 bits per heavy atom. The summed E-state index contributed by atoms with van der Waals surface area (Å²) in [7, 11) is 1.62. The number of ether oxygens (including phenoxy) is 1. The lowest BCUT2D eigenvalue weighted by molar-refractivity contribution is 0.0944. The zero-order chi connectivity index (χ0) is 18.8. The number of nitrogens with zero attached hydrogens (tertiary/aromatic N) is 2. The third-order valence-corrected chi connectivity index (χ3v) is 4.83. The van der Waals surface area contributed by atoms with Gasteiger partial charge in [0.2, 0.25) is 0 Å². The Balaban J connectivity index is 1.55. The zero-order valence-electron chi connectivity index (χ0n) is 15.0. The van der Waals surface area contributed by atoms with Crippen LogP contribution in [0, 0.1) is 5.82 Å². The van der Waals surface area contributed by atoms with E-state index < -0.39 is 0 Å². The molecule has 1 aromatic heterocycles. The summed E-state index contributed by atoms with van der Waals surface area (Å²) in [4.78, 5) is 12.7. The van der Waals surface area contributed by atoms with Gasteiger partial charge in [-0.05, 0) is 61.2 Å². The zero-order valence-corrected chi connectivity index (χ0v) is 15.0. The second-order valence-corrected chi connectivity index (χ2v) is 6.55. The number of nitrogens with one attached hydrogen (secondary N) is 1. The van der Waals surface area contributed by atoms with E-state index in [2.05, 4.69) is 10.4 Å². The molecule has 3 aromatic rings. The molecule has 0 radical (unpaired) electrons. The van der Waals surface area contributed by atoms with Gasteiger partial charge in [0.05, 0.1) is 12.8 Å². The van der Waals surface area contributed by atoms with Crippen molar-refractivity contribution in [3.63, 3.8) is 0 Å². The molecule has 4 rings (SSSR count). The first-order valence-electron chi connectivity index (χ1n) is 8.93. The first-order valence-corrected chi connectivity index (χ1v) is 8.93. The van der Waals surface area contributed by atoms with E-state index in [1.165, 1.54) is 12.1 Å². The average Bonchev–Trinajstić information content (AvgIpc) is 3.30. The van der Waals surface area contributed by atoms with Gasteiger partial charge in [0.15, 0.2) is 5.69 Å². The van der Waals surface area contributed by atoms with Gasteiger partial charge in [-0.2, -0.15) is 5.10 Å². The number of methoxy groups -OCH3 is 1. The number of fused-ring (bicyclic) bond motifs is 1. The molecule has 0 saturated heterocycles. The van der Waals surface area contributed by atoms with Crippen LogP contribution < -0.4 is 10.1 Å². The van der Waals surface area contributed by atoms with Crippen molar-refractivity contribution in [1.82, 2.24) is 15.1 Å². The van der Waals surface area contributed by atoms with Crippen LogP contribution >= 0.6 is 0 Å². The summed E-state index contributed by atoms with van der Waals surface area (Å²) in [5.41, 5.74) is 4.24. The van der Waals surface area contributed by atoms with Crippen LogP contribution in [0.1, 0.15) is 33.7 Å². The number of hydrogen-bond acceptors (Lipinski definition) is 3. The molecule has 1 N–H and O–H groups in total. The summed E-state index contributed by atoms with van der Waals surface area (Å²) in [6.45, 7) is 0.418. The maximum atomic E-state index is 13.2. The molecule has 0 spiro atoms. The van der Waals surface area contributed by atoms with Crippen molar-refractivity contribution in [3.8, 4) is 11.4 Å². The lowest BCUT2D eigenvalue weighted by Gasteiger charge is -2.06. The van der Waals surface area contributed by atoms with Gasteiger partial charge in [0.1, 0.15) is 11.6 Å². The number of rotatable bonds is 5. The van der Waals surface area contributed by atoms with Crippen molar-refractivity contribution in [2.45, 2.75) is 25.8 Å². The predicted molar refractivity (Wildman–Crippen MR) is 99.7 cm³/mol. The highest BCUT2D eigenvalue weighted by Gasteiger charge is 2.26. The molecular formula is C21H20FN3O2. The molecule has 1 heterocycles. The van der Waals surface area contributed by atoms with Crippen LogP contribution in [0.15, 0.2) is 48.5 Å². The molecule has 0 atom stereocenters. The topological polar surface area (TPSA) is 56.1 Å². The van der Waals surface area contributed by atoms with Crippen LogP contribution in [-0.2, 0) is 19.4 Å². The Kier molecular flexibility index (Phi) is 4.62. The Bertz CT molecular complexity index is 962. The quantitative estimate of drug-likeness (QED) is 0.754. The molecule has 0 bridgehead atoms. The number of carbonyl (C=O) groups excluding carboxylic acids is 1. The Hall–Kier alpha value is -3.15. The smallest absolute Gasteiger partial charge is 0.272 e. The van der Waals surface area contributed by atoms with Gasteiger partial charge in [-0.15, -0.1) is 0 Å². The number of benzene rings is 2. The standard InChI is InChI=1S/C21H20FN3O2/c1-27-17-11-5-14(6-12-17)13-23-21(26)20-18-3-2-4-19(18)25(24-20)16-9-7-15(22)8-10-16/h5-12H,2-4,13H2,1H3,(H,23,26). The van der Waals surface area contributed by atoms with Crippen LogP contribution in [0.4, 0.5) is 4.39 Å².